The molecule has 0 fully saturated rings. The SMILES string of the molecule is CC(Nc1ccc(F)cc1F)c1cccc([N+](=O)[O-])c1. The van der Waals surface area contributed by atoms with E-state index >= 15 is 0 Å². The number of nitro benzene ring substituents is 1. The summed E-state index contributed by atoms with van der Waals surface area (Å²) in [5.41, 5.74) is 0.754. The molecule has 104 valence electrons. The van der Waals surface area contributed by atoms with E-state index < -0.39 is 16.6 Å². The lowest BCUT2D eigenvalue weighted by atomic mass is 10.1. The highest BCUT2D eigenvalue weighted by Crippen LogP contribution is 2.24. The lowest BCUT2D eigenvalue weighted by Crippen LogP contribution is -2.08. The van der Waals surface area contributed by atoms with Crippen molar-refractivity contribution in [1.29, 1.82) is 0 Å². The summed E-state index contributed by atoms with van der Waals surface area (Å²) >= 11 is 0. The van der Waals surface area contributed by atoms with Crippen LogP contribution in [0.3, 0.4) is 0 Å². The van der Waals surface area contributed by atoms with E-state index in [1.54, 1.807) is 19.1 Å². The van der Waals surface area contributed by atoms with Gasteiger partial charge in [-0.3, -0.25) is 10.1 Å². The molecule has 6 heteroatoms. The zero-order chi connectivity index (χ0) is 14.7. The first-order chi connectivity index (χ1) is 9.47. The molecule has 0 aliphatic carbocycles. The summed E-state index contributed by atoms with van der Waals surface area (Å²) in [6.45, 7) is 1.74. The van der Waals surface area contributed by atoms with Gasteiger partial charge in [-0.15, -0.1) is 0 Å². The molecule has 1 unspecified atom stereocenters. The van der Waals surface area contributed by atoms with Crippen LogP contribution in [-0.2, 0) is 0 Å². The van der Waals surface area contributed by atoms with Gasteiger partial charge in [-0.05, 0) is 24.6 Å². The molecule has 0 aliphatic heterocycles. The fourth-order valence-corrected chi connectivity index (χ4v) is 1.83. The third-order valence-electron chi connectivity index (χ3n) is 2.88. The summed E-state index contributed by atoms with van der Waals surface area (Å²) in [4.78, 5) is 10.2. The van der Waals surface area contributed by atoms with Crippen molar-refractivity contribution >= 4 is 11.4 Å². The Morgan fingerprint density at radius 3 is 2.60 bits per heavy atom. The van der Waals surface area contributed by atoms with E-state index in [0.717, 1.165) is 12.1 Å². The van der Waals surface area contributed by atoms with Gasteiger partial charge in [0.15, 0.2) is 0 Å². The van der Waals surface area contributed by atoms with Gasteiger partial charge >= 0.3 is 0 Å². The monoisotopic (exact) mass is 278 g/mol. The van der Waals surface area contributed by atoms with Crippen LogP contribution in [0.5, 0.6) is 0 Å². The van der Waals surface area contributed by atoms with Gasteiger partial charge in [0.25, 0.3) is 5.69 Å². The summed E-state index contributed by atoms with van der Waals surface area (Å²) in [7, 11) is 0. The van der Waals surface area contributed by atoms with Crippen LogP contribution in [0.1, 0.15) is 18.5 Å². The van der Waals surface area contributed by atoms with E-state index in [1.807, 2.05) is 0 Å². The minimum Gasteiger partial charge on any atom is -0.376 e. The van der Waals surface area contributed by atoms with Gasteiger partial charge in [0.1, 0.15) is 11.6 Å². The molecule has 0 amide bonds. The third kappa shape index (κ3) is 3.09. The van der Waals surface area contributed by atoms with Gasteiger partial charge in [-0.25, -0.2) is 8.78 Å². The molecule has 0 aromatic heterocycles. The quantitative estimate of drug-likeness (QED) is 0.678. The van der Waals surface area contributed by atoms with E-state index in [9.17, 15) is 18.9 Å². The smallest absolute Gasteiger partial charge is 0.269 e. The fourth-order valence-electron chi connectivity index (χ4n) is 1.83. The predicted molar refractivity (Wildman–Crippen MR) is 71.5 cm³/mol. The molecule has 2 aromatic rings. The van der Waals surface area contributed by atoms with Crippen LogP contribution in [0, 0.1) is 21.7 Å². The highest BCUT2D eigenvalue weighted by molar-refractivity contribution is 5.47. The normalized spacial score (nSPS) is 11.9. The maximum absolute atomic E-state index is 13.5. The lowest BCUT2D eigenvalue weighted by Gasteiger charge is -2.16. The molecule has 0 aliphatic rings. The Labute approximate surface area is 114 Å². The van der Waals surface area contributed by atoms with Crippen LogP contribution in [0.15, 0.2) is 42.5 Å². The number of benzene rings is 2. The molecule has 20 heavy (non-hydrogen) atoms. The van der Waals surface area contributed by atoms with Gasteiger partial charge in [0.05, 0.1) is 10.6 Å². The number of nitrogens with one attached hydrogen (secondary N) is 1. The van der Waals surface area contributed by atoms with Crippen LogP contribution in [-0.4, -0.2) is 4.92 Å². The van der Waals surface area contributed by atoms with Crippen molar-refractivity contribution in [3.05, 3.63) is 69.8 Å². The van der Waals surface area contributed by atoms with Gasteiger partial charge < -0.3 is 5.32 Å². The number of non-ortho nitro benzene ring substituents is 1. The van der Waals surface area contributed by atoms with E-state index in [2.05, 4.69) is 5.32 Å². The van der Waals surface area contributed by atoms with E-state index in [-0.39, 0.29) is 17.4 Å². The first-order valence-corrected chi connectivity index (χ1v) is 5.93. The minimum atomic E-state index is -0.706. The average molecular weight is 278 g/mol. The van der Waals surface area contributed by atoms with Gasteiger partial charge in [0, 0.05) is 24.2 Å². The molecule has 2 rings (SSSR count). The summed E-state index contributed by atoms with van der Waals surface area (Å²) in [6.07, 6.45) is 0. The standard InChI is InChI=1S/C14H12F2N2O2/c1-9(10-3-2-4-12(7-10)18(19)20)17-14-6-5-11(15)8-13(14)16/h2-9,17H,1H3. The van der Waals surface area contributed by atoms with Crippen molar-refractivity contribution in [3.8, 4) is 0 Å². The molecule has 0 radical (unpaired) electrons. The van der Waals surface area contributed by atoms with E-state index in [0.29, 0.717) is 5.56 Å². The van der Waals surface area contributed by atoms with Gasteiger partial charge in [0.2, 0.25) is 0 Å². The second kappa shape index (κ2) is 5.64. The van der Waals surface area contributed by atoms with Crippen molar-refractivity contribution in [2.75, 3.05) is 5.32 Å². The lowest BCUT2D eigenvalue weighted by molar-refractivity contribution is -0.384. The van der Waals surface area contributed by atoms with Crippen LogP contribution in [0.25, 0.3) is 0 Å². The number of halogens is 2. The molecule has 0 heterocycles. The topological polar surface area (TPSA) is 55.2 Å². The second-order valence-electron chi connectivity index (χ2n) is 4.34. The Balaban J connectivity index is 2.21. The molecule has 1 N–H and O–H groups in total. The average Bonchev–Trinajstić information content (AvgIpc) is 2.42. The maximum Gasteiger partial charge on any atom is 0.269 e. The van der Waals surface area contributed by atoms with Crippen molar-refractivity contribution in [1.82, 2.24) is 0 Å². The maximum atomic E-state index is 13.5. The first kappa shape index (κ1) is 13.9. The Bertz CT molecular complexity index is 647. The molecule has 0 spiro atoms. The number of nitrogens with zero attached hydrogens (tertiary/aromatic N) is 1. The molecular formula is C14H12F2N2O2. The number of nitro groups is 1. The Morgan fingerprint density at radius 2 is 1.95 bits per heavy atom. The van der Waals surface area contributed by atoms with Crippen LogP contribution in [0.2, 0.25) is 0 Å². The van der Waals surface area contributed by atoms with Crippen molar-refractivity contribution in [2.45, 2.75) is 13.0 Å². The zero-order valence-corrected chi connectivity index (χ0v) is 10.6. The summed E-state index contributed by atoms with van der Waals surface area (Å²) < 4.78 is 26.3. The Hall–Kier alpha value is -2.50. The summed E-state index contributed by atoms with van der Waals surface area (Å²) in [6, 6.07) is 8.92. The van der Waals surface area contributed by atoms with Crippen LogP contribution in [0.4, 0.5) is 20.2 Å². The third-order valence-corrected chi connectivity index (χ3v) is 2.88. The largest absolute Gasteiger partial charge is 0.376 e. The van der Waals surface area contributed by atoms with Crippen molar-refractivity contribution in [2.24, 2.45) is 0 Å². The number of hydrogen-bond acceptors (Lipinski definition) is 3. The second-order valence-corrected chi connectivity index (χ2v) is 4.34. The molecule has 0 bridgehead atoms. The number of anilines is 1. The molecule has 0 saturated heterocycles. The summed E-state index contributed by atoms with van der Waals surface area (Å²) in [5.74, 6) is -1.36. The van der Waals surface area contributed by atoms with Crippen LogP contribution >= 0.6 is 0 Å². The highest BCUT2D eigenvalue weighted by atomic mass is 19.1. The summed E-state index contributed by atoms with van der Waals surface area (Å²) in [5, 5.41) is 13.6. The Kier molecular flexibility index (Phi) is 3.93. The first-order valence-electron chi connectivity index (χ1n) is 5.93. The molecule has 1 atom stereocenters. The Morgan fingerprint density at radius 1 is 1.20 bits per heavy atom. The van der Waals surface area contributed by atoms with Crippen molar-refractivity contribution < 1.29 is 13.7 Å². The minimum absolute atomic E-state index is 0.0317. The van der Waals surface area contributed by atoms with E-state index in [1.165, 1.54) is 18.2 Å². The zero-order valence-electron chi connectivity index (χ0n) is 10.6. The number of hydrogen-bond donors (Lipinski definition) is 1. The van der Waals surface area contributed by atoms with Gasteiger partial charge in [-0.2, -0.15) is 0 Å². The molecule has 4 nitrogen and oxygen atoms in total. The number of rotatable bonds is 4. The van der Waals surface area contributed by atoms with Crippen LogP contribution < -0.4 is 5.32 Å². The van der Waals surface area contributed by atoms with E-state index in [4.69, 9.17) is 0 Å². The van der Waals surface area contributed by atoms with Crippen molar-refractivity contribution in [3.63, 3.8) is 0 Å². The fraction of sp³-hybridized carbons (Fsp3) is 0.143. The predicted octanol–water partition coefficient (Wildman–Crippen LogP) is 4.05. The molecule has 2 aromatic carbocycles. The molecule has 0 saturated carbocycles. The molecular weight excluding hydrogens is 266 g/mol. The highest BCUT2D eigenvalue weighted by Gasteiger charge is 2.12. The van der Waals surface area contributed by atoms with Gasteiger partial charge in [-0.1, -0.05) is 12.1 Å².